The van der Waals surface area contributed by atoms with Crippen molar-refractivity contribution in [3.8, 4) is 0 Å². The maximum absolute atomic E-state index is 11.4. The number of hydrogen-bond donors (Lipinski definition) is 0. The molecule has 4 nitrogen and oxygen atoms in total. The van der Waals surface area contributed by atoms with E-state index in [1.165, 1.54) is 25.6 Å². The third-order valence-electron chi connectivity index (χ3n) is 2.40. The van der Waals surface area contributed by atoms with E-state index in [1.807, 2.05) is 0 Å². The lowest BCUT2D eigenvalue weighted by Crippen LogP contribution is -2.42. The van der Waals surface area contributed by atoms with Crippen LogP contribution in [0.4, 0.5) is 0 Å². The van der Waals surface area contributed by atoms with Crippen LogP contribution >= 0.6 is 0 Å². The van der Waals surface area contributed by atoms with Crippen molar-refractivity contribution in [2.24, 2.45) is 9.98 Å². The van der Waals surface area contributed by atoms with Gasteiger partial charge in [-0.1, -0.05) is 0 Å². The zero-order valence-electron chi connectivity index (χ0n) is 7.57. The maximum atomic E-state index is 11.4. The van der Waals surface area contributed by atoms with Crippen LogP contribution in [-0.4, -0.2) is 42.5 Å². The van der Waals surface area contributed by atoms with Crippen molar-refractivity contribution in [2.45, 2.75) is 19.3 Å². The third kappa shape index (κ3) is 1.76. The molecule has 0 aromatic rings. The van der Waals surface area contributed by atoms with Crippen molar-refractivity contribution < 1.29 is 4.79 Å². The van der Waals surface area contributed by atoms with Crippen molar-refractivity contribution >= 4 is 18.0 Å². The molecule has 13 heavy (non-hydrogen) atoms. The Morgan fingerprint density at radius 1 is 1.23 bits per heavy atom. The standard InChI is InChI=1S/C9H13N3O/c13-8-6-10-7-11-9(8)12-4-2-1-3-5-12/h7H,1-6H2. The Labute approximate surface area is 77.4 Å². The van der Waals surface area contributed by atoms with E-state index in [2.05, 4.69) is 14.9 Å². The molecule has 0 aromatic heterocycles. The molecule has 0 atom stereocenters. The molecule has 1 saturated heterocycles. The molecule has 2 aliphatic rings. The number of hydrogen-bond acceptors (Lipinski definition) is 4. The number of amidine groups is 1. The average molecular weight is 179 g/mol. The SMILES string of the molecule is O=C1CN=CN=C1N1CCCCC1. The van der Waals surface area contributed by atoms with Gasteiger partial charge in [-0.15, -0.1) is 0 Å². The molecule has 70 valence electrons. The predicted molar refractivity (Wildman–Crippen MR) is 51.2 cm³/mol. The van der Waals surface area contributed by atoms with E-state index in [-0.39, 0.29) is 12.3 Å². The highest BCUT2D eigenvalue weighted by Crippen LogP contribution is 2.10. The second-order valence-electron chi connectivity index (χ2n) is 3.38. The number of likely N-dealkylation sites (tertiary alicyclic amines) is 1. The lowest BCUT2D eigenvalue weighted by atomic mass is 10.1. The van der Waals surface area contributed by atoms with Crippen LogP contribution in [0.2, 0.25) is 0 Å². The molecule has 0 saturated carbocycles. The first-order valence-corrected chi connectivity index (χ1v) is 4.72. The smallest absolute Gasteiger partial charge is 0.219 e. The van der Waals surface area contributed by atoms with Crippen LogP contribution in [0.15, 0.2) is 9.98 Å². The van der Waals surface area contributed by atoms with Crippen LogP contribution in [0.5, 0.6) is 0 Å². The van der Waals surface area contributed by atoms with Crippen molar-refractivity contribution in [1.29, 1.82) is 0 Å². The van der Waals surface area contributed by atoms with Gasteiger partial charge in [0.05, 0.1) is 0 Å². The fourth-order valence-corrected chi connectivity index (χ4v) is 1.73. The summed E-state index contributed by atoms with van der Waals surface area (Å²) in [5.74, 6) is 0.680. The largest absolute Gasteiger partial charge is 0.354 e. The Balaban J connectivity index is 2.09. The van der Waals surface area contributed by atoms with Crippen molar-refractivity contribution in [1.82, 2.24) is 4.90 Å². The summed E-state index contributed by atoms with van der Waals surface area (Å²) in [4.78, 5) is 21.3. The number of nitrogens with zero attached hydrogens (tertiary/aromatic N) is 3. The first-order valence-electron chi connectivity index (χ1n) is 4.72. The molecule has 1 fully saturated rings. The fourth-order valence-electron chi connectivity index (χ4n) is 1.73. The molecule has 0 aliphatic carbocycles. The molecule has 0 amide bonds. The van der Waals surface area contributed by atoms with Gasteiger partial charge in [-0.2, -0.15) is 0 Å². The van der Waals surface area contributed by atoms with Gasteiger partial charge in [0.15, 0.2) is 5.84 Å². The number of carbonyl (C=O) groups excluding carboxylic acids is 1. The monoisotopic (exact) mass is 179 g/mol. The number of carbonyl (C=O) groups is 1. The minimum atomic E-state index is 0.0596. The summed E-state index contributed by atoms with van der Waals surface area (Å²) in [6, 6.07) is 0. The van der Waals surface area contributed by atoms with Crippen LogP contribution in [0.3, 0.4) is 0 Å². The molecular formula is C9H13N3O. The molecule has 0 unspecified atom stereocenters. The zero-order valence-corrected chi connectivity index (χ0v) is 7.57. The van der Waals surface area contributed by atoms with Crippen molar-refractivity contribution in [3.05, 3.63) is 0 Å². The number of piperidine rings is 1. The summed E-state index contributed by atoms with van der Waals surface area (Å²) in [5.41, 5.74) is 0. The van der Waals surface area contributed by atoms with E-state index in [0.717, 1.165) is 13.1 Å². The van der Waals surface area contributed by atoms with Crippen molar-refractivity contribution in [2.75, 3.05) is 19.6 Å². The van der Waals surface area contributed by atoms with Gasteiger partial charge in [0.2, 0.25) is 5.78 Å². The topological polar surface area (TPSA) is 45.0 Å². The molecule has 4 heteroatoms. The van der Waals surface area contributed by atoms with Gasteiger partial charge in [0.1, 0.15) is 12.9 Å². The van der Waals surface area contributed by atoms with Crippen molar-refractivity contribution in [3.63, 3.8) is 0 Å². The zero-order chi connectivity index (χ0) is 9.10. The highest BCUT2D eigenvalue weighted by atomic mass is 16.1. The van der Waals surface area contributed by atoms with Gasteiger partial charge < -0.3 is 4.90 Å². The van der Waals surface area contributed by atoms with Crippen LogP contribution in [0, 0.1) is 0 Å². The number of Topliss-reactive ketones (excluding diaryl/α,β-unsaturated/α-hetero) is 1. The van der Waals surface area contributed by atoms with E-state index in [1.54, 1.807) is 0 Å². The summed E-state index contributed by atoms with van der Waals surface area (Å²) in [6.45, 7) is 2.21. The Hall–Kier alpha value is -1.19. The summed E-state index contributed by atoms with van der Waals surface area (Å²) in [6.07, 6.45) is 5.10. The van der Waals surface area contributed by atoms with Gasteiger partial charge in [-0.25, -0.2) is 4.99 Å². The summed E-state index contributed by atoms with van der Waals surface area (Å²) >= 11 is 0. The summed E-state index contributed by atoms with van der Waals surface area (Å²) in [7, 11) is 0. The van der Waals surface area contributed by atoms with Crippen LogP contribution < -0.4 is 0 Å². The van der Waals surface area contributed by atoms with Gasteiger partial charge >= 0.3 is 0 Å². The first kappa shape index (κ1) is 8.41. The van der Waals surface area contributed by atoms with Crippen LogP contribution in [0.25, 0.3) is 0 Å². The molecule has 2 rings (SSSR count). The number of rotatable bonds is 0. The minimum Gasteiger partial charge on any atom is -0.354 e. The van der Waals surface area contributed by atoms with Gasteiger partial charge in [-0.3, -0.25) is 9.79 Å². The quantitative estimate of drug-likeness (QED) is 0.543. The number of aliphatic imine (C=N–C) groups is 2. The second-order valence-corrected chi connectivity index (χ2v) is 3.38. The van der Waals surface area contributed by atoms with Gasteiger partial charge in [-0.05, 0) is 19.3 Å². The van der Waals surface area contributed by atoms with E-state index < -0.39 is 0 Å². The molecule has 0 aromatic carbocycles. The molecule has 0 spiro atoms. The van der Waals surface area contributed by atoms with Gasteiger partial charge in [0.25, 0.3) is 0 Å². The summed E-state index contributed by atoms with van der Waals surface area (Å²) < 4.78 is 0. The lowest BCUT2D eigenvalue weighted by Gasteiger charge is -2.29. The molecule has 2 heterocycles. The Morgan fingerprint density at radius 3 is 2.69 bits per heavy atom. The highest BCUT2D eigenvalue weighted by Gasteiger charge is 2.21. The average Bonchev–Trinajstić information content (AvgIpc) is 2.20. The normalized spacial score (nSPS) is 23.2. The van der Waals surface area contributed by atoms with E-state index in [0.29, 0.717) is 5.84 Å². The predicted octanol–water partition coefficient (Wildman–Crippen LogP) is 0.482. The second kappa shape index (κ2) is 3.68. The van der Waals surface area contributed by atoms with E-state index in [9.17, 15) is 4.79 Å². The fraction of sp³-hybridized carbons (Fsp3) is 0.667. The molecular weight excluding hydrogens is 166 g/mol. The van der Waals surface area contributed by atoms with E-state index in [4.69, 9.17) is 0 Å². The molecule has 2 aliphatic heterocycles. The third-order valence-corrected chi connectivity index (χ3v) is 2.40. The van der Waals surface area contributed by atoms with Crippen LogP contribution in [0.1, 0.15) is 19.3 Å². The molecule has 0 bridgehead atoms. The lowest BCUT2D eigenvalue weighted by molar-refractivity contribution is -0.112. The minimum absolute atomic E-state index is 0.0596. The Kier molecular flexibility index (Phi) is 2.38. The number of ketones is 1. The molecule has 0 radical (unpaired) electrons. The highest BCUT2D eigenvalue weighted by molar-refractivity contribution is 6.41. The summed E-state index contributed by atoms with van der Waals surface area (Å²) in [5, 5.41) is 0. The Morgan fingerprint density at radius 2 is 2.00 bits per heavy atom. The van der Waals surface area contributed by atoms with E-state index >= 15 is 0 Å². The van der Waals surface area contributed by atoms with Gasteiger partial charge in [0, 0.05) is 13.1 Å². The van der Waals surface area contributed by atoms with Crippen LogP contribution in [-0.2, 0) is 4.79 Å². The maximum Gasteiger partial charge on any atom is 0.219 e. The molecule has 0 N–H and O–H groups in total. The first-order chi connectivity index (χ1) is 6.38. The Bertz CT molecular complexity index is 264.